The normalized spacial score (nSPS) is 13.7. The molecule has 560 valence electrons. The second kappa shape index (κ2) is 44.0. The van der Waals surface area contributed by atoms with E-state index in [1.165, 1.54) is 226 Å². The maximum atomic E-state index is 17.2. The Morgan fingerprint density at radius 2 is 0.755 bits per heavy atom. The summed E-state index contributed by atoms with van der Waals surface area (Å²) < 4.78 is 43.4. The van der Waals surface area contributed by atoms with Gasteiger partial charge in [-0.05, 0) is 109 Å². The molecule has 9 rings (SSSR count). The fourth-order valence-corrected chi connectivity index (χ4v) is 24.0. The molecule has 0 aliphatic heterocycles. The minimum atomic E-state index is -0.896. The number of thiophene rings is 6. The summed E-state index contributed by atoms with van der Waals surface area (Å²) in [4.78, 5) is 43.9. The van der Waals surface area contributed by atoms with Crippen LogP contribution in [-0.2, 0) is 25.7 Å². The summed E-state index contributed by atoms with van der Waals surface area (Å²) in [6, 6.07) is 12.7. The average molecular weight is 1520 g/mol. The van der Waals surface area contributed by atoms with Crippen LogP contribution in [0.25, 0.3) is 61.2 Å². The first-order valence-electron chi connectivity index (χ1n) is 41.3. The van der Waals surface area contributed by atoms with Crippen molar-refractivity contribution >= 4 is 102 Å². The smallest absolute Gasteiger partial charge is 0.197 e. The molecule has 0 amide bonds. The third-order valence-electron chi connectivity index (χ3n) is 22.4. The minimum Gasteiger partial charge on any atom is -0.288 e. The van der Waals surface area contributed by atoms with Gasteiger partial charge in [0.05, 0.1) is 43.7 Å². The lowest BCUT2D eigenvalue weighted by Gasteiger charge is -2.19. The molecule has 0 N–H and O–H groups in total. The maximum Gasteiger partial charge on any atom is 0.197 e. The van der Waals surface area contributed by atoms with E-state index >= 15 is 18.4 Å². The number of unbranched alkanes of at least 4 members (excludes halogenated alkanes) is 26. The van der Waals surface area contributed by atoms with Crippen LogP contribution in [0.1, 0.15) is 370 Å². The highest BCUT2D eigenvalue weighted by molar-refractivity contribution is 7.29. The second-order valence-corrected chi connectivity index (χ2v) is 37.7. The molecular weight excluding hydrogens is 1390 g/mol. The zero-order chi connectivity index (χ0) is 72.2. The molecule has 0 saturated heterocycles. The quantitative estimate of drug-likeness (QED) is 0.0357. The summed E-state index contributed by atoms with van der Waals surface area (Å²) >= 11 is 11.0. The zero-order valence-corrected chi connectivity index (χ0v) is 70.0. The topological polar surface area (TPSA) is 59.9 Å². The minimum absolute atomic E-state index is 0.0350. The van der Waals surface area contributed by atoms with E-state index in [1.807, 2.05) is 25.1 Å². The Morgan fingerprint density at radius 1 is 0.353 bits per heavy atom. The number of fused-ring (bicyclic) bond motifs is 3. The van der Waals surface area contributed by atoms with Crippen molar-refractivity contribution in [2.75, 3.05) is 0 Å². The molecule has 0 spiro atoms. The summed E-state index contributed by atoms with van der Waals surface area (Å²) in [6.07, 6.45) is 53.6. The van der Waals surface area contributed by atoms with Gasteiger partial charge in [-0.15, -0.1) is 68.0 Å². The molecule has 0 radical (unpaired) electrons. The van der Waals surface area contributed by atoms with Crippen LogP contribution in [0.2, 0.25) is 0 Å². The van der Waals surface area contributed by atoms with Gasteiger partial charge in [-0.1, -0.05) is 312 Å². The number of nitrogens with zero attached hydrogens (tertiary/aromatic N) is 2. The molecule has 13 heteroatoms. The predicted molar refractivity (Wildman–Crippen MR) is 449 cm³/mol. The lowest BCUT2D eigenvalue weighted by Crippen LogP contribution is -2.22. The number of halogens is 2. The van der Waals surface area contributed by atoms with Crippen LogP contribution >= 0.6 is 79.7 Å². The van der Waals surface area contributed by atoms with Crippen molar-refractivity contribution in [1.82, 2.24) is 8.75 Å². The lowest BCUT2D eigenvalue weighted by atomic mass is 9.81. The molecule has 4 unspecified atom stereocenters. The number of benzene rings is 1. The Kier molecular flexibility index (Phi) is 35.6. The fourth-order valence-electron chi connectivity index (χ4n) is 16.1. The molecule has 4 nitrogen and oxygen atoms in total. The highest BCUT2D eigenvalue weighted by atomic mass is 32.1. The third-order valence-corrected chi connectivity index (χ3v) is 30.1. The van der Waals surface area contributed by atoms with E-state index in [0.717, 1.165) is 146 Å². The third kappa shape index (κ3) is 22.5. The Hall–Kier alpha value is -3.56. The van der Waals surface area contributed by atoms with Crippen LogP contribution in [0, 0.1) is 42.2 Å². The number of rotatable bonds is 53. The molecule has 1 aromatic carbocycles. The molecule has 8 aromatic rings. The predicted octanol–water partition coefficient (Wildman–Crippen LogP) is 32.2. The van der Waals surface area contributed by atoms with E-state index in [9.17, 15) is 0 Å². The summed E-state index contributed by atoms with van der Waals surface area (Å²) in [6.45, 7) is 20.3. The molecule has 0 saturated carbocycles. The van der Waals surface area contributed by atoms with Crippen LogP contribution in [-0.4, -0.2) is 20.3 Å². The molecule has 1 aliphatic rings. The van der Waals surface area contributed by atoms with Gasteiger partial charge in [0.25, 0.3) is 0 Å². The Morgan fingerprint density at radius 3 is 1.20 bits per heavy atom. The SMILES string of the molecule is CCCCCCCCCCC(CCCCCCCC)Cc1csc(-c2sc(-c3cc(CC(CCCCCCCC)CCCCCCCCCC)c(-c4ccc(-c5c(F)c(F)c(-c6ccc(C)s6)c6nsnc56)s4)s3)c3c2C(=O)c2c(CC(CC)CCCC)sc(CC(CC)CCCC)c2C3=O)c1. The van der Waals surface area contributed by atoms with Crippen molar-refractivity contribution in [3.8, 4) is 50.1 Å². The fraction of sp³-hybridized carbons (Fsp3) is 0.640. The van der Waals surface area contributed by atoms with Crippen LogP contribution < -0.4 is 0 Å². The van der Waals surface area contributed by atoms with Gasteiger partial charge in [0.1, 0.15) is 11.0 Å². The first-order valence-corrected chi connectivity index (χ1v) is 47.0. The number of aromatic nitrogens is 2. The van der Waals surface area contributed by atoms with Gasteiger partial charge in [-0.25, -0.2) is 8.78 Å². The van der Waals surface area contributed by atoms with Gasteiger partial charge in [-0.3, -0.25) is 9.59 Å². The number of aryl methyl sites for hydroxylation is 1. The van der Waals surface area contributed by atoms with Crippen molar-refractivity contribution in [3.63, 3.8) is 0 Å². The number of carbonyl (C=O) groups excluding carboxylic acids is 2. The summed E-state index contributed by atoms with van der Waals surface area (Å²) in [5, 5.41) is 2.39. The van der Waals surface area contributed by atoms with Crippen LogP contribution in [0.3, 0.4) is 0 Å². The van der Waals surface area contributed by atoms with Crippen molar-refractivity contribution < 1.29 is 18.4 Å². The molecule has 4 atom stereocenters. The number of carbonyl (C=O) groups is 2. The number of hydrogen-bond donors (Lipinski definition) is 0. The van der Waals surface area contributed by atoms with E-state index in [2.05, 4.69) is 83.3 Å². The van der Waals surface area contributed by atoms with Crippen LogP contribution in [0.4, 0.5) is 8.78 Å². The van der Waals surface area contributed by atoms with E-state index in [4.69, 9.17) is 4.37 Å². The maximum absolute atomic E-state index is 17.2. The largest absolute Gasteiger partial charge is 0.288 e. The van der Waals surface area contributed by atoms with Crippen LogP contribution in [0.5, 0.6) is 0 Å². The highest BCUT2D eigenvalue weighted by Gasteiger charge is 2.43. The standard InChI is InChI=1S/C89H126F2N2O2S7/c1-10-18-24-28-32-34-38-41-47-64(46-40-36-30-26-20-12-3)54-66-58-73(96-60-66)88-79-80(86(95)76-72(57-63(17-8)45-23-15-6)99-71(75(76)85(79)94)56-62(16-7)44-22-14-5)89(101-88)74-59-67(55-65(48-42-37-31-27-21-13-4)49-43-39-35-33-29-25-19-11-2)87(100-74)70-53-52-69(98-70)78-82(91)81(90)77(68-51-50-61(9)97-68)83-84(78)93-102-92-83/h50-53,58-60,62-65H,10-49,54-57H2,1-9H3. The van der Waals surface area contributed by atoms with E-state index in [1.54, 1.807) is 45.3 Å². The molecule has 7 heterocycles. The highest BCUT2D eigenvalue weighted by Crippen LogP contribution is 2.55. The Bertz CT molecular complexity index is 3790. The van der Waals surface area contributed by atoms with Gasteiger partial charge in [0, 0.05) is 55.0 Å². The first kappa shape index (κ1) is 82.5. The van der Waals surface area contributed by atoms with Gasteiger partial charge in [0.15, 0.2) is 23.2 Å². The van der Waals surface area contributed by atoms with E-state index in [-0.39, 0.29) is 22.7 Å². The first-order chi connectivity index (χ1) is 49.9. The van der Waals surface area contributed by atoms with Crippen LogP contribution in [0.15, 0.2) is 41.8 Å². The summed E-state index contributed by atoms with van der Waals surface area (Å²) in [5.74, 6) is 0.237. The molecule has 1 aliphatic carbocycles. The van der Waals surface area contributed by atoms with Crippen molar-refractivity contribution in [3.05, 3.63) is 101 Å². The molecule has 7 aromatic heterocycles. The van der Waals surface area contributed by atoms with Gasteiger partial charge < -0.3 is 0 Å². The molecule has 0 bridgehead atoms. The summed E-state index contributed by atoms with van der Waals surface area (Å²) in [7, 11) is 0. The van der Waals surface area contributed by atoms with Gasteiger partial charge in [-0.2, -0.15) is 8.75 Å². The van der Waals surface area contributed by atoms with E-state index < -0.39 is 11.6 Å². The molecular formula is C89H126F2N2O2S7. The number of hydrogen-bond acceptors (Lipinski definition) is 11. The van der Waals surface area contributed by atoms with E-state index in [0.29, 0.717) is 66.7 Å². The monoisotopic (exact) mass is 1520 g/mol. The van der Waals surface area contributed by atoms with Gasteiger partial charge in [0.2, 0.25) is 0 Å². The van der Waals surface area contributed by atoms with Crippen molar-refractivity contribution in [1.29, 1.82) is 0 Å². The van der Waals surface area contributed by atoms with Gasteiger partial charge >= 0.3 is 0 Å². The lowest BCUT2D eigenvalue weighted by molar-refractivity contribution is 0.0980. The Labute approximate surface area is 644 Å². The average Bonchev–Trinajstić information content (AvgIpc) is 1.55. The second-order valence-electron chi connectivity index (χ2n) is 30.6. The molecule has 0 fully saturated rings. The van der Waals surface area contributed by atoms with Crippen molar-refractivity contribution in [2.45, 2.75) is 345 Å². The molecule has 102 heavy (non-hydrogen) atoms. The Balaban J connectivity index is 1.18. The summed E-state index contributed by atoms with van der Waals surface area (Å²) in [5.41, 5.74) is 6.37. The number of ketones is 2. The zero-order valence-electron chi connectivity index (χ0n) is 64.3. The van der Waals surface area contributed by atoms with Crippen molar-refractivity contribution in [2.24, 2.45) is 23.7 Å².